The Morgan fingerprint density at radius 3 is 2.79 bits per heavy atom. The fourth-order valence-electron chi connectivity index (χ4n) is 4.06. The number of benzene rings is 2. The first-order valence-corrected chi connectivity index (χ1v) is 10.7. The number of para-hydroxylation sites is 1. The van der Waals surface area contributed by atoms with Crippen LogP contribution in [0.15, 0.2) is 48.7 Å². The number of hydrogen-bond acceptors (Lipinski definition) is 5. The average Bonchev–Trinajstić information content (AvgIpc) is 3.39. The lowest BCUT2D eigenvalue weighted by Gasteiger charge is -2.17. The predicted molar refractivity (Wildman–Crippen MR) is 120 cm³/mol. The number of likely N-dealkylation sites (tertiary alicyclic amines) is 1. The van der Waals surface area contributed by atoms with Crippen LogP contribution in [0.4, 0.5) is 18.9 Å². The first-order valence-electron chi connectivity index (χ1n) is 10.7. The van der Waals surface area contributed by atoms with Gasteiger partial charge in [-0.1, -0.05) is 18.2 Å². The van der Waals surface area contributed by atoms with Crippen LogP contribution in [0.1, 0.15) is 22.3 Å². The van der Waals surface area contributed by atoms with Crippen LogP contribution in [-0.2, 0) is 11.3 Å². The number of fused-ring (bicyclic) bond motifs is 1. The summed E-state index contributed by atoms with van der Waals surface area (Å²) in [7, 11) is 0. The number of nitrogens with one attached hydrogen (secondary N) is 3. The zero-order chi connectivity index (χ0) is 24.3. The van der Waals surface area contributed by atoms with Crippen molar-refractivity contribution in [2.75, 3.05) is 25.4 Å². The van der Waals surface area contributed by atoms with Crippen molar-refractivity contribution >= 4 is 28.4 Å². The molecule has 34 heavy (non-hydrogen) atoms. The van der Waals surface area contributed by atoms with E-state index in [1.807, 2.05) is 24.4 Å². The number of H-pyrrole nitrogens is 1. The van der Waals surface area contributed by atoms with Crippen molar-refractivity contribution in [3.8, 4) is 5.75 Å². The van der Waals surface area contributed by atoms with E-state index in [9.17, 15) is 22.8 Å². The topological polar surface area (TPSA) is 112 Å². The average molecular weight is 475 g/mol. The molecule has 0 unspecified atom stereocenters. The molecule has 1 aliphatic rings. The summed E-state index contributed by atoms with van der Waals surface area (Å²) < 4.78 is 41.0. The van der Waals surface area contributed by atoms with E-state index in [1.54, 1.807) is 0 Å². The van der Waals surface area contributed by atoms with Crippen molar-refractivity contribution in [3.63, 3.8) is 0 Å². The number of nitrogen functional groups attached to an aromatic ring is 1. The molecule has 1 aromatic heterocycles. The number of anilines is 1. The van der Waals surface area contributed by atoms with E-state index in [2.05, 4.69) is 31.3 Å². The summed E-state index contributed by atoms with van der Waals surface area (Å²) >= 11 is 0. The van der Waals surface area contributed by atoms with Crippen molar-refractivity contribution in [3.05, 3.63) is 59.8 Å². The Bertz CT molecular complexity index is 1190. The smallest absolute Gasteiger partial charge is 0.406 e. The number of aromatic nitrogens is 1. The molecule has 1 aliphatic heterocycles. The number of nitrogens with zero attached hydrogens (tertiary/aromatic N) is 1. The SMILES string of the molecule is Nc1ccc(OC(F)(F)F)cc1C(=O)NCC(=O)N[C@@H]1CCN(Cc2c[nH]c3ccccc23)C1. The molecular formula is C23H24F3N5O3. The molecule has 2 amide bonds. The maximum Gasteiger partial charge on any atom is 0.573 e. The standard InChI is InChI=1S/C23H24F3N5O3/c24-23(25,26)34-16-5-6-19(27)18(9-16)22(33)29-11-21(32)30-15-7-8-31(13-15)12-14-10-28-20-4-2-1-3-17(14)20/h1-6,9-10,15,28H,7-8,11-13,27H2,(H,29,33)(H,30,32)/t15-/m1/s1. The quantitative estimate of drug-likeness (QED) is 0.393. The molecule has 11 heteroatoms. The van der Waals surface area contributed by atoms with E-state index >= 15 is 0 Å². The molecule has 4 rings (SSSR count). The number of hydrogen-bond donors (Lipinski definition) is 4. The summed E-state index contributed by atoms with van der Waals surface area (Å²) in [4.78, 5) is 30.2. The molecule has 1 atom stereocenters. The Kier molecular flexibility index (Phi) is 6.64. The predicted octanol–water partition coefficient (Wildman–Crippen LogP) is 2.77. The lowest BCUT2D eigenvalue weighted by molar-refractivity contribution is -0.274. The lowest BCUT2D eigenvalue weighted by atomic mass is 10.1. The molecule has 1 saturated heterocycles. The van der Waals surface area contributed by atoms with Crippen molar-refractivity contribution in [2.24, 2.45) is 0 Å². The van der Waals surface area contributed by atoms with E-state index < -0.39 is 23.9 Å². The number of halogens is 3. The summed E-state index contributed by atoms with van der Waals surface area (Å²) in [5.41, 5.74) is 7.71. The second-order valence-electron chi connectivity index (χ2n) is 8.13. The monoisotopic (exact) mass is 475 g/mol. The molecule has 8 nitrogen and oxygen atoms in total. The number of carbonyl (C=O) groups is 2. The third-order valence-corrected chi connectivity index (χ3v) is 5.62. The number of nitrogens with two attached hydrogens (primary N) is 1. The largest absolute Gasteiger partial charge is 0.573 e. The summed E-state index contributed by atoms with van der Waals surface area (Å²) in [6, 6.07) is 11.0. The first-order chi connectivity index (χ1) is 16.2. The molecule has 3 aromatic rings. The van der Waals surface area contributed by atoms with Gasteiger partial charge in [0.2, 0.25) is 5.91 Å². The molecule has 5 N–H and O–H groups in total. The lowest BCUT2D eigenvalue weighted by Crippen LogP contribution is -2.43. The van der Waals surface area contributed by atoms with Gasteiger partial charge in [0, 0.05) is 48.5 Å². The number of amides is 2. The van der Waals surface area contributed by atoms with E-state index in [1.165, 1.54) is 10.9 Å². The second kappa shape index (κ2) is 9.64. The maximum absolute atomic E-state index is 12.4. The molecule has 1 fully saturated rings. The van der Waals surface area contributed by atoms with Crippen LogP contribution in [0.5, 0.6) is 5.75 Å². The van der Waals surface area contributed by atoms with Crippen molar-refractivity contribution in [1.29, 1.82) is 0 Å². The van der Waals surface area contributed by atoms with Gasteiger partial charge in [-0.15, -0.1) is 13.2 Å². The fourth-order valence-corrected chi connectivity index (χ4v) is 4.06. The zero-order valence-electron chi connectivity index (χ0n) is 18.1. The van der Waals surface area contributed by atoms with Crippen LogP contribution in [-0.4, -0.2) is 53.7 Å². The second-order valence-corrected chi connectivity index (χ2v) is 8.13. The normalized spacial score (nSPS) is 16.5. The molecule has 0 aliphatic carbocycles. The van der Waals surface area contributed by atoms with Crippen LogP contribution >= 0.6 is 0 Å². The van der Waals surface area contributed by atoms with Crippen LogP contribution < -0.4 is 21.1 Å². The van der Waals surface area contributed by atoms with Crippen LogP contribution in [0.3, 0.4) is 0 Å². The van der Waals surface area contributed by atoms with E-state index in [4.69, 9.17) is 5.73 Å². The minimum atomic E-state index is -4.90. The molecule has 0 spiro atoms. The highest BCUT2D eigenvalue weighted by molar-refractivity contribution is 6.01. The summed E-state index contributed by atoms with van der Waals surface area (Å²) in [6.45, 7) is 1.91. The van der Waals surface area contributed by atoms with E-state index in [0.29, 0.717) is 6.54 Å². The molecule has 0 bridgehead atoms. The van der Waals surface area contributed by atoms with Gasteiger partial charge < -0.3 is 26.1 Å². The van der Waals surface area contributed by atoms with Crippen LogP contribution in [0.25, 0.3) is 10.9 Å². The molecule has 180 valence electrons. The zero-order valence-corrected chi connectivity index (χ0v) is 18.1. The first kappa shape index (κ1) is 23.4. The van der Waals surface area contributed by atoms with Gasteiger partial charge in [0.05, 0.1) is 12.1 Å². The Hall–Kier alpha value is -3.73. The summed E-state index contributed by atoms with van der Waals surface area (Å²) in [5, 5.41) is 6.44. The van der Waals surface area contributed by atoms with Gasteiger partial charge in [-0.2, -0.15) is 0 Å². The Labute approximate surface area is 193 Å². The number of aromatic amines is 1. The van der Waals surface area contributed by atoms with E-state index in [-0.39, 0.29) is 23.8 Å². The molecule has 2 heterocycles. The maximum atomic E-state index is 12.4. The summed E-state index contributed by atoms with van der Waals surface area (Å²) in [6.07, 6.45) is -2.13. The van der Waals surface area contributed by atoms with Crippen LogP contribution in [0.2, 0.25) is 0 Å². The van der Waals surface area contributed by atoms with E-state index in [0.717, 1.165) is 43.2 Å². The minimum absolute atomic E-state index is 0.0313. The molecular weight excluding hydrogens is 451 g/mol. The van der Waals surface area contributed by atoms with Crippen molar-refractivity contribution < 1.29 is 27.5 Å². The third-order valence-electron chi connectivity index (χ3n) is 5.62. The molecule has 2 aromatic carbocycles. The van der Waals surface area contributed by atoms with Gasteiger partial charge in [0.25, 0.3) is 5.91 Å². The van der Waals surface area contributed by atoms with Gasteiger partial charge in [-0.05, 0) is 36.2 Å². The Morgan fingerprint density at radius 1 is 1.21 bits per heavy atom. The minimum Gasteiger partial charge on any atom is -0.406 e. The molecule has 0 saturated carbocycles. The summed E-state index contributed by atoms with van der Waals surface area (Å²) in [5.74, 6) is -1.74. The van der Waals surface area contributed by atoms with Crippen molar-refractivity contribution in [1.82, 2.24) is 20.5 Å². The van der Waals surface area contributed by atoms with Gasteiger partial charge >= 0.3 is 6.36 Å². The van der Waals surface area contributed by atoms with Crippen molar-refractivity contribution in [2.45, 2.75) is 25.4 Å². The highest BCUT2D eigenvalue weighted by atomic mass is 19.4. The van der Waals surface area contributed by atoms with Gasteiger partial charge in [0.1, 0.15) is 5.75 Å². The fraction of sp³-hybridized carbons (Fsp3) is 0.304. The highest BCUT2D eigenvalue weighted by Gasteiger charge is 2.31. The molecule has 0 radical (unpaired) electrons. The Balaban J connectivity index is 1.26. The Morgan fingerprint density at radius 2 is 2.00 bits per heavy atom. The third kappa shape index (κ3) is 5.79. The van der Waals surface area contributed by atoms with Gasteiger partial charge in [-0.25, -0.2) is 0 Å². The number of ether oxygens (including phenoxy) is 1. The number of carbonyl (C=O) groups excluding carboxylic acids is 2. The van der Waals surface area contributed by atoms with Gasteiger partial charge in [0.15, 0.2) is 0 Å². The number of rotatable bonds is 7. The van der Waals surface area contributed by atoms with Gasteiger partial charge in [-0.3, -0.25) is 14.5 Å². The number of alkyl halides is 3. The highest BCUT2D eigenvalue weighted by Crippen LogP contribution is 2.26. The van der Waals surface area contributed by atoms with Crippen LogP contribution in [0, 0.1) is 0 Å².